The van der Waals surface area contributed by atoms with E-state index in [1.54, 1.807) is 0 Å². The van der Waals surface area contributed by atoms with Crippen molar-refractivity contribution in [2.24, 2.45) is 0 Å². The number of imidazole rings is 1. The number of unbranched alkanes of at least 4 members (excludes halogenated alkanes) is 2. The predicted octanol–water partition coefficient (Wildman–Crippen LogP) is 5.91. The molecule has 0 saturated heterocycles. The van der Waals surface area contributed by atoms with Gasteiger partial charge in [-0.15, -0.1) is 0 Å². The first-order chi connectivity index (χ1) is 13.8. The SMILES string of the molecule is CCCCOC(CCn1ccnc1)(OCCCC)c1cccc2ccccc12. The summed E-state index contributed by atoms with van der Waals surface area (Å²) in [7, 11) is 0. The summed E-state index contributed by atoms with van der Waals surface area (Å²) in [6, 6.07) is 14.9. The minimum absolute atomic E-state index is 0.690. The number of hydrogen-bond donors (Lipinski definition) is 0. The Kier molecular flexibility index (Phi) is 7.63. The summed E-state index contributed by atoms with van der Waals surface area (Å²) in [5.41, 5.74) is 1.12. The predicted molar refractivity (Wildman–Crippen MR) is 114 cm³/mol. The molecule has 0 spiro atoms. The van der Waals surface area contributed by atoms with Gasteiger partial charge < -0.3 is 14.0 Å². The number of benzene rings is 2. The van der Waals surface area contributed by atoms with Gasteiger partial charge in [0, 0.05) is 30.9 Å². The third-order valence-corrected chi connectivity index (χ3v) is 5.12. The number of aryl methyl sites for hydroxylation is 1. The molecule has 4 heteroatoms. The van der Waals surface area contributed by atoms with Crippen molar-refractivity contribution in [2.75, 3.05) is 13.2 Å². The molecular weight excluding hydrogens is 348 g/mol. The number of rotatable bonds is 12. The van der Waals surface area contributed by atoms with Gasteiger partial charge in [0.25, 0.3) is 0 Å². The van der Waals surface area contributed by atoms with Gasteiger partial charge in [0.1, 0.15) is 0 Å². The van der Waals surface area contributed by atoms with E-state index in [-0.39, 0.29) is 0 Å². The van der Waals surface area contributed by atoms with Crippen molar-refractivity contribution in [1.82, 2.24) is 9.55 Å². The highest BCUT2D eigenvalue weighted by atomic mass is 16.7. The maximum Gasteiger partial charge on any atom is 0.197 e. The molecule has 3 aromatic rings. The molecule has 0 aliphatic carbocycles. The van der Waals surface area contributed by atoms with Crippen molar-refractivity contribution in [2.45, 2.75) is 58.3 Å². The van der Waals surface area contributed by atoms with Crippen LogP contribution < -0.4 is 0 Å². The van der Waals surface area contributed by atoms with Crippen molar-refractivity contribution >= 4 is 10.8 Å². The Balaban J connectivity index is 1.99. The molecule has 0 saturated carbocycles. The zero-order valence-electron chi connectivity index (χ0n) is 17.1. The quantitative estimate of drug-likeness (QED) is 0.289. The second-order valence-corrected chi connectivity index (χ2v) is 7.23. The largest absolute Gasteiger partial charge is 0.346 e. The van der Waals surface area contributed by atoms with E-state index < -0.39 is 5.79 Å². The number of ether oxygens (including phenoxy) is 2. The van der Waals surface area contributed by atoms with E-state index in [0.717, 1.165) is 44.2 Å². The molecule has 0 aliphatic heterocycles. The molecule has 0 amide bonds. The highest BCUT2D eigenvalue weighted by molar-refractivity contribution is 5.86. The van der Waals surface area contributed by atoms with E-state index in [4.69, 9.17) is 9.47 Å². The zero-order valence-corrected chi connectivity index (χ0v) is 17.1. The summed E-state index contributed by atoms with van der Waals surface area (Å²) in [6.45, 7) is 6.55. The minimum atomic E-state index is -0.754. The van der Waals surface area contributed by atoms with Gasteiger partial charge in [-0.1, -0.05) is 69.2 Å². The van der Waals surface area contributed by atoms with Gasteiger partial charge in [0.05, 0.1) is 19.5 Å². The van der Waals surface area contributed by atoms with Gasteiger partial charge in [-0.3, -0.25) is 0 Å². The molecule has 2 aromatic carbocycles. The lowest BCUT2D eigenvalue weighted by molar-refractivity contribution is -0.252. The fourth-order valence-corrected chi connectivity index (χ4v) is 3.49. The Hall–Kier alpha value is -2.17. The van der Waals surface area contributed by atoms with Gasteiger partial charge in [0.2, 0.25) is 0 Å². The van der Waals surface area contributed by atoms with Gasteiger partial charge >= 0.3 is 0 Å². The molecule has 0 bridgehead atoms. The molecule has 0 radical (unpaired) electrons. The van der Waals surface area contributed by atoms with Crippen LogP contribution in [0.3, 0.4) is 0 Å². The molecule has 3 rings (SSSR count). The first-order valence-corrected chi connectivity index (χ1v) is 10.5. The first-order valence-electron chi connectivity index (χ1n) is 10.5. The van der Waals surface area contributed by atoms with E-state index in [0.29, 0.717) is 13.2 Å². The van der Waals surface area contributed by atoms with Crippen molar-refractivity contribution < 1.29 is 9.47 Å². The molecule has 150 valence electrons. The number of nitrogens with zero attached hydrogens (tertiary/aromatic N) is 2. The molecule has 28 heavy (non-hydrogen) atoms. The summed E-state index contributed by atoms with van der Waals surface area (Å²) in [6.07, 6.45) is 10.6. The van der Waals surface area contributed by atoms with E-state index in [1.807, 2.05) is 18.7 Å². The summed E-state index contributed by atoms with van der Waals surface area (Å²) in [4.78, 5) is 4.18. The summed E-state index contributed by atoms with van der Waals surface area (Å²) < 4.78 is 15.2. The van der Waals surface area contributed by atoms with Crippen molar-refractivity contribution in [3.05, 3.63) is 66.7 Å². The fraction of sp³-hybridized carbons (Fsp3) is 0.458. The molecule has 1 aromatic heterocycles. The summed E-state index contributed by atoms with van der Waals surface area (Å²) in [5.74, 6) is -0.754. The Bertz CT molecular complexity index is 814. The van der Waals surface area contributed by atoms with Crippen LogP contribution in [0, 0.1) is 0 Å². The van der Waals surface area contributed by atoms with Crippen LogP contribution in [0.1, 0.15) is 51.5 Å². The second-order valence-electron chi connectivity index (χ2n) is 7.23. The lowest BCUT2D eigenvalue weighted by Gasteiger charge is -2.35. The van der Waals surface area contributed by atoms with Crippen LogP contribution in [0.15, 0.2) is 61.2 Å². The lowest BCUT2D eigenvalue weighted by Crippen LogP contribution is -2.35. The number of hydrogen-bond acceptors (Lipinski definition) is 3. The Morgan fingerprint density at radius 2 is 1.64 bits per heavy atom. The van der Waals surface area contributed by atoms with Gasteiger partial charge in [-0.05, 0) is 23.6 Å². The van der Waals surface area contributed by atoms with Crippen LogP contribution >= 0.6 is 0 Å². The molecular formula is C24H32N2O2. The first kappa shape index (κ1) is 20.6. The summed E-state index contributed by atoms with van der Waals surface area (Å²) in [5, 5.41) is 2.41. The summed E-state index contributed by atoms with van der Waals surface area (Å²) >= 11 is 0. The van der Waals surface area contributed by atoms with Crippen molar-refractivity contribution in [3.8, 4) is 0 Å². The highest BCUT2D eigenvalue weighted by Crippen LogP contribution is 2.37. The van der Waals surface area contributed by atoms with Gasteiger partial charge in [-0.2, -0.15) is 0 Å². The van der Waals surface area contributed by atoms with Gasteiger partial charge in [-0.25, -0.2) is 4.98 Å². The molecule has 0 atom stereocenters. The fourth-order valence-electron chi connectivity index (χ4n) is 3.49. The number of fused-ring (bicyclic) bond motifs is 1. The number of aromatic nitrogens is 2. The highest BCUT2D eigenvalue weighted by Gasteiger charge is 2.35. The maximum atomic E-state index is 6.55. The minimum Gasteiger partial charge on any atom is -0.346 e. The third kappa shape index (κ3) is 5.00. The van der Waals surface area contributed by atoms with Crippen LogP contribution in [-0.2, 0) is 21.8 Å². The topological polar surface area (TPSA) is 36.3 Å². The monoisotopic (exact) mass is 380 g/mol. The zero-order chi connectivity index (χ0) is 19.7. The third-order valence-electron chi connectivity index (χ3n) is 5.12. The van der Waals surface area contributed by atoms with Gasteiger partial charge in [0.15, 0.2) is 5.79 Å². The Morgan fingerprint density at radius 3 is 2.32 bits per heavy atom. The van der Waals surface area contributed by atoms with Crippen molar-refractivity contribution in [1.29, 1.82) is 0 Å². The lowest BCUT2D eigenvalue weighted by atomic mass is 9.95. The molecule has 0 N–H and O–H groups in total. The van der Waals surface area contributed by atoms with E-state index in [2.05, 4.69) is 65.9 Å². The molecule has 1 heterocycles. The smallest absolute Gasteiger partial charge is 0.197 e. The van der Waals surface area contributed by atoms with Crippen LogP contribution in [0.25, 0.3) is 10.8 Å². The normalized spacial score (nSPS) is 11.9. The van der Waals surface area contributed by atoms with E-state index in [1.165, 1.54) is 10.8 Å². The van der Waals surface area contributed by atoms with Crippen LogP contribution in [-0.4, -0.2) is 22.8 Å². The van der Waals surface area contributed by atoms with Crippen LogP contribution in [0.2, 0.25) is 0 Å². The average Bonchev–Trinajstić information content (AvgIpc) is 3.25. The molecule has 4 nitrogen and oxygen atoms in total. The second kappa shape index (κ2) is 10.4. The standard InChI is InChI=1S/C24H32N2O2/c1-3-5-18-27-24(28-19-6-4-2,14-16-26-17-15-25-20-26)23-13-9-11-21-10-7-8-12-22(21)23/h7-13,15,17,20H,3-6,14,16,18-19H2,1-2H3. The Morgan fingerprint density at radius 1 is 0.929 bits per heavy atom. The maximum absolute atomic E-state index is 6.55. The van der Waals surface area contributed by atoms with E-state index >= 15 is 0 Å². The van der Waals surface area contributed by atoms with Crippen LogP contribution in [0.4, 0.5) is 0 Å². The van der Waals surface area contributed by atoms with Crippen molar-refractivity contribution in [3.63, 3.8) is 0 Å². The molecule has 0 fully saturated rings. The molecule has 0 aliphatic rings. The molecule has 0 unspecified atom stereocenters. The van der Waals surface area contributed by atoms with Crippen LogP contribution in [0.5, 0.6) is 0 Å². The average molecular weight is 381 g/mol. The Labute approximate surface area is 168 Å². The van der Waals surface area contributed by atoms with E-state index in [9.17, 15) is 0 Å².